The highest BCUT2D eigenvalue weighted by Crippen LogP contribution is 2.26. The number of esters is 1. The molecule has 0 fully saturated rings. The second-order valence-electron chi connectivity index (χ2n) is 8.34. The number of aryl methyl sites for hydroxylation is 1. The van der Waals surface area contributed by atoms with Gasteiger partial charge in [-0.3, -0.25) is 4.90 Å². The summed E-state index contributed by atoms with van der Waals surface area (Å²) in [5.41, 5.74) is 4.56. The van der Waals surface area contributed by atoms with Gasteiger partial charge in [0.15, 0.2) is 6.61 Å². The fourth-order valence-corrected chi connectivity index (χ4v) is 3.36. The summed E-state index contributed by atoms with van der Waals surface area (Å²) >= 11 is 0. The average Bonchev–Trinajstić information content (AvgIpc) is 2.87. The van der Waals surface area contributed by atoms with E-state index in [2.05, 4.69) is 16.6 Å². The van der Waals surface area contributed by atoms with Crippen molar-refractivity contribution in [2.75, 3.05) is 41.0 Å². The Morgan fingerprint density at radius 3 is 2.25 bits per heavy atom. The third-order valence-electron chi connectivity index (χ3n) is 5.24. The maximum atomic E-state index is 13.5. The van der Waals surface area contributed by atoms with Crippen LogP contribution >= 0.6 is 0 Å². The summed E-state index contributed by atoms with van der Waals surface area (Å²) in [4.78, 5) is 13.3. The van der Waals surface area contributed by atoms with Gasteiger partial charge in [0.1, 0.15) is 23.9 Å². The summed E-state index contributed by atoms with van der Waals surface area (Å²) in [6.07, 6.45) is 1.97. The molecule has 0 amide bonds. The normalized spacial score (nSPS) is 11.0. The molecule has 3 aromatic rings. The summed E-state index contributed by atoms with van der Waals surface area (Å²) in [6.45, 7) is 2.72. The largest absolute Gasteiger partial charge is 0.489 e. The zero-order valence-corrected chi connectivity index (χ0v) is 21.0. The van der Waals surface area contributed by atoms with Crippen LogP contribution in [-0.2, 0) is 9.53 Å². The standard InChI is InChI=1S/C30H30FNO4/c1-22-20-27(15-16-29(22)36-21-30(33)34-4)35-19-17-28(25-11-13-26(31)14-12-25)24-9-7-23(8-10-24)6-5-18-32(2)3/h7-17,20H,18-19,21H2,1-4H3/b28-17+. The molecule has 186 valence electrons. The molecule has 36 heavy (non-hydrogen) atoms. The Morgan fingerprint density at radius 1 is 0.972 bits per heavy atom. The minimum atomic E-state index is -0.443. The van der Waals surface area contributed by atoms with Crippen LogP contribution in [0.4, 0.5) is 4.39 Å². The highest BCUT2D eigenvalue weighted by molar-refractivity contribution is 5.80. The van der Waals surface area contributed by atoms with Gasteiger partial charge in [-0.05, 0) is 91.8 Å². The van der Waals surface area contributed by atoms with Crippen LogP contribution in [0, 0.1) is 24.6 Å². The van der Waals surface area contributed by atoms with Crippen molar-refractivity contribution in [3.05, 3.63) is 101 Å². The van der Waals surface area contributed by atoms with Crippen LogP contribution in [0.3, 0.4) is 0 Å². The molecule has 3 aromatic carbocycles. The van der Waals surface area contributed by atoms with Gasteiger partial charge >= 0.3 is 5.97 Å². The zero-order valence-electron chi connectivity index (χ0n) is 21.0. The molecule has 0 spiro atoms. The topological polar surface area (TPSA) is 48.0 Å². The molecule has 6 heteroatoms. The molecule has 0 aliphatic heterocycles. The third-order valence-corrected chi connectivity index (χ3v) is 5.24. The van der Waals surface area contributed by atoms with Crippen molar-refractivity contribution in [2.24, 2.45) is 0 Å². The molecule has 5 nitrogen and oxygen atoms in total. The highest BCUT2D eigenvalue weighted by atomic mass is 19.1. The molecule has 0 aliphatic rings. The first-order valence-corrected chi connectivity index (χ1v) is 11.5. The molecule has 0 aliphatic carbocycles. The first kappa shape index (κ1) is 26.5. The van der Waals surface area contributed by atoms with E-state index in [1.807, 2.05) is 62.3 Å². The van der Waals surface area contributed by atoms with Crippen LogP contribution in [-0.4, -0.2) is 51.8 Å². The average molecular weight is 488 g/mol. The highest BCUT2D eigenvalue weighted by Gasteiger charge is 2.08. The van der Waals surface area contributed by atoms with Gasteiger partial charge in [0.2, 0.25) is 0 Å². The van der Waals surface area contributed by atoms with Gasteiger partial charge in [0.25, 0.3) is 0 Å². The van der Waals surface area contributed by atoms with Crippen molar-refractivity contribution in [2.45, 2.75) is 6.92 Å². The van der Waals surface area contributed by atoms with Crippen LogP contribution in [0.2, 0.25) is 0 Å². The first-order chi connectivity index (χ1) is 17.4. The minimum absolute atomic E-state index is 0.151. The van der Waals surface area contributed by atoms with Crippen molar-refractivity contribution >= 4 is 11.5 Å². The van der Waals surface area contributed by atoms with Crippen LogP contribution < -0.4 is 9.47 Å². The quantitative estimate of drug-likeness (QED) is 0.310. The number of halogens is 1. The van der Waals surface area contributed by atoms with E-state index in [1.54, 1.807) is 24.3 Å². The number of hydrogen-bond acceptors (Lipinski definition) is 5. The zero-order chi connectivity index (χ0) is 25.9. The SMILES string of the molecule is COC(=O)COc1ccc(OC/C=C(/c2ccc(F)cc2)c2ccc(C#CCN(C)C)cc2)cc1C. The molecular formula is C30H30FNO4. The molecule has 0 saturated heterocycles. The predicted octanol–water partition coefficient (Wildman–Crippen LogP) is 5.11. The summed E-state index contributed by atoms with van der Waals surface area (Å²) in [5.74, 6) is 6.82. The molecule has 0 unspecified atom stereocenters. The Hall–Kier alpha value is -4.08. The summed E-state index contributed by atoms with van der Waals surface area (Å²) < 4.78 is 29.6. The van der Waals surface area contributed by atoms with Gasteiger partial charge in [-0.1, -0.05) is 36.1 Å². The van der Waals surface area contributed by atoms with Crippen LogP contribution in [0.5, 0.6) is 11.5 Å². The summed E-state index contributed by atoms with van der Waals surface area (Å²) in [6, 6.07) is 19.8. The van der Waals surface area contributed by atoms with E-state index in [4.69, 9.17) is 9.47 Å². The fraction of sp³-hybridized carbons (Fsp3) is 0.233. The maximum absolute atomic E-state index is 13.5. The second kappa shape index (κ2) is 13.1. The Kier molecular flexibility index (Phi) is 9.67. The van der Waals surface area contributed by atoms with Gasteiger partial charge in [0, 0.05) is 5.56 Å². The number of ether oxygens (including phenoxy) is 3. The fourth-order valence-electron chi connectivity index (χ4n) is 3.36. The molecule has 0 atom stereocenters. The number of hydrogen-bond donors (Lipinski definition) is 0. The van der Waals surface area contributed by atoms with Crippen LogP contribution in [0.15, 0.2) is 72.8 Å². The van der Waals surface area contributed by atoms with Crippen LogP contribution in [0.25, 0.3) is 5.57 Å². The van der Waals surface area contributed by atoms with E-state index in [0.717, 1.165) is 27.8 Å². The number of methoxy groups -OCH3 is 1. The van der Waals surface area contributed by atoms with Gasteiger partial charge in [-0.2, -0.15) is 0 Å². The number of carbonyl (C=O) groups excluding carboxylic acids is 1. The van der Waals surface area contributed by atoms with Crippen molar-refractivity contribution in [1.82, 2.24) is 4.90 Å². The van der Waals surface area contributed by atoms with E-state index in [9.17, 15) is 9.18 Å². The van der Waals surface area contributed by atoms with Gasteiger partial charge in [0.05, 0.1) is 13.7 Å². The van der Waals surface area contributed by atoms with Crippen molar-refractivity contribution in [3.8, 4) is 23.3 Å². The Labute approximate surface area is 212 Å². The number of rotatable bonds is 9. The lowest BCUT2D eigenvalue weighted by Gasteiger charge is -2.12. The van der Waals surface area contributed by atoms with E-state index in [1.165, 1.54) is 19.2 Å². The molecule has 0 saturated carbocycles. The minimum Gasteiger partial charge on any atom is -0.489 e. The number of carbonyl (C=O) groups is 1. The van der Waals surface area contributed by atoms with E-state index < -0.39 is 5.97 Å². The molecule has 3 rings (SSSR count). The molecule has 0 bridgehead atoms. The predicted molar refractivity (Wildman–Crippen MR) is 140 cm³/mol. The smallest absolute Gasteiger partial charge is 0.343 e. The molecular weight excluding hydrogens is 457 g/mol. The molecule has 0 N–H and O–H groups in total. The van der Waals surface area contributed by atoms with Crippen molar-refractivity contribution in [3.63, 3.8) is 0 Å². The Balaban J connectivity index is 1.76. The third kappa shape index (κ3) is 8.00. The molecule has 0 aromatic heterocycles. The first-order valence-electron chi connectivity index (χ1n) is 11.5. The summed E-state index contributed by atoms with van der Waals surface area (Å²) in [5, 5.41) is 0. The second-order valence-corrected chi connectivity index (χ2v) is 8.34. The summed E-state index contributed by atoms with van der Waals surface area (Å²) in [7, 11) is 5.28. The van der Waals surface area contributed by atoms with Gasteiger partial charge in [-0.25, -0.2) is 9.18 Å². The van der Waals surface area contributed by atoms with E-state index in [-0.39, 0.29) is 12.4 Å². The molecule has 0 heterocycles. The van der Waals surface area contributed by atoms with E-state index in [0.29, 0.717) is 24.7 Å². The van der Waals surface area contributed by atoms with Crippen molar-refractivity contribution < 1.29 is 23.4 Å². The Morgan fingerprint density at radius 2 is 1.64 bits per heavy atom. The maximum Gasteiger partial charge on any atom is 0.343 e. The molecule has 0 radical (unpaired) electrons. The lowest BCUT2D eigenvalue weighted by Crippen LogP contribution is -2.13. The van der Waals surface area contributed by atoms with E-state index >= 15 is 0 Å². The number of benzene rings is 3. The van der Waals surface area contributed by atoms with Gasteiger partial charge in [-0.15, -0.1) is 0 Å². The number of nitrogens with zero attached hydrogens (tertiary/aromatic N) is 1. The lowest BCUT2D eigenvalue weighted by molar-refractivity contribution is -0.142. The van der Waals surface area contributed by atoms with Crippen LogP contribution in [0.1, 0.15) is 22.3 Å². The Bertz CT molecular complexity index is 1250. The van der Waals surface area contributed by atoms with Gasteiger partial charge < -0.3 is 14.2 Å². The monoisotopic (exact) mass is 487 g/mol. The van der Waals surface area contributed by atoms with Crippen molar-refractivity contribution in [1.29, 1.82) is 0 Å². The lowest BCUT2D eigenvalue weighted by atomic mass is 9.96.